The van der Waals surface area contributed by atoms with Crippen LogP contribution in [0.4, 0.5) is 0 Å². The van der Waals surface area contributed by atoms with Crippen LogP contribution in [-0.4, -0.2) is 23.0 Å². The smallest absolute Gasteiger partial charge is 0.179 e. The average Bonchev–Trinajstić information content (AvgIpc) is 3.66. The predicted molar refractivity (Wildman–Crippen MR) is 238 cm³/mol. The summed E-state index contributed by atoms with van der Waals surface area (Å²) in [4.78, 5) is 14.9. The van der Waals surface area contributed by atoms with Gasteiger partial charge in [-0.1, -0.05) is 200 Å². The van der Waals surface area contributed by atoms with Gasteiger partial charge in [-0.05, 0) is 44.0 Å². The summed E-state index contributed by atoms with van der Waals surface area (Å²) in [6.45, 7) is 0. The van der Waals surface area contributed by atoms with Gasteiger partial charge in [-0.3, -0.25) is 0 Å². The highest BCUT2D eigenvalue weighted by Gasteiger charge is 2.41. The molecule has 0 aliphatic carbocycles. The SMILES string of the molecule is c1ccc(-c2nc(-c3ccccc3)nc(-c3ccc4c(c3)sc3cc(-c5cccc([Si](c6ccccc6)(c6ccccc6)c6ccccc6)c5)ccc34)n2)cc1. The lowest BCUT2D eigenvalue weighted by atomic mass is 10.0. The van der Waals surface area contributed by atoms with Crippen molar-refractivity contribution >= 4 is 60.3 Å². The van der Waals surface area contributed by atoms with Gasteiger partial charge in [0, 0.05) is 36.9 Å². The van der Waals surface area contributed by atoms with Crippen LogP contribution in [0.15, 0.2) is 212 Å². The van der Waals surface area contributed by atoms with Crippen molar-refractivity contribution in [3.63, 3.8) is 0 Å². The third-order valence-electron chi connectivity index (χ3n) is 10.7. The number of fused-ring (bicyclic) bond motifs is 3. The summed E-state index contributed by atoms with van der Waals surface area (Å²) < 4.78 is 2.46. The molecule has 0 fully saturated rings. The average molecular weight is 750 g/mol. The van der Waals surface area contributed by atoms with Gasteiger partial charge in [0.05, 0.1) is 0 Å². The van der Waals surface area contributed by atoms with E-state index in [1.807, 2.05) is 72.0 Å². The molecule has 10 rings (SSSR count). The van der Waals surface area contributed by atoms with Crippen molar-refractivity contribution < 1.29 is 0 Å². The van der Waals surface area contributed by atoms with E-state index in [1.54, 1.807) is 0 Å². The molecule has 8 aromatic carbocycles. The van der Waals surface area contributed by atoms with E-state index in [-0.39, 0.29) is 0 Å². The lowest BCUT2D eigenvalue weighted by Gasteiger charge is -2.34. The zero-order valence-electron chi connectivity index (χ0n) is 30.5. The molecular formula is C51H35N3SSi. The molecule has 0 saturated heterocycles. The number of rotatable bonds is 8. The number of nitrogens with zero attached hydrogens (tertiary/aromatic N) is 3. The summed E-state index contributed by atoms with van der Waals surface area (Å²) >= 11 is 1.82. The normalized spacial score (nSPS) is 11.6. The van der Waals surface area contributed by atoms with Crippen LogP contribution in [0, 0.1) is 0 Å². The largest absolute Gasteiger partial charge is 0.208 e. The highest BCUT2D eigenvalue weighted by atomic mass is 32.1. The Bertz CT molecular complexity index is 2800. The molecule has 264 valence electrons. The summed E-state index contributed by atoms with van der Waals surface area (Å²) in [7, 11) is -2.65. The summed E-state index contributed by atoms with van der Waals surface area (Å²) in [6, 6.07) is 76.4. The highest BCUT2D eigenvalue weighted by Crippen LogP contribution is 2.38. The lowest BCUT2D eigenvalue weighted by Crippen LogP contribution is -2.74. The summed E-state index contributed by atoms with van der Waals surface area (Å²) in [5.41, 5.74) is 5.32. The number of aromatic nitrogens is 3. The van der Waals surface area contributed by atoms with Crippen LogP contribution >= 0.6 is 11.3 Å². The Morgan fingerprint density at radius 1 is 0.286 bits per heavy atom. The van der Waals surface area contributed by atoms with Crippen LogP contribution in [0.25, 0.3) is 65.5 Å². The van der Waals surface area contributed by atoms with Crippen LogP contribution in [-0.2, 0) is 0 Å². The molecule has 10 aromatic rings. The first-order valence-electron chi connectivity index (χ1n) is 18.9. The minimum absolute atomic E-state index is 0.664. The number of hydrogen-bond acceptors (Lipinski definition) is 4. The van der Waals surface area contributed by atoms with Gasteiger partial charge in [-0.15, -0.1) is 11.3 Å². The fourth-order valence-corrected chi connectivity index (χ4v) is 14.0. The Labute approximate surface area is 331 Å². The van der Waals surface area contributed by atoms with Crippen molar-refractivity contribution in [2.45, 2.75) is 0 Å². The molecular weight excluding hydrogens is 715 g/mol. The van der Waals surface area contributed by atoms with Gasteiger partial charge in [-0.2, -0.15) is 0 Å². The van der Waals surface area contributed by atoms with Crippen molar-refractivity contribution in [2.24, 2.45) is 0 Å². The van der Waals surface area contributed by atoms with E-state index < -0.39 is 8.07 Å². The molecule has 56 heavy (non-hydrogen) atoms. The Kier molecular flexibility index (Phi) is 8.71. The van der Waals surface area contributed by atoms with Gasteiger partial charge in [-0.25, -0.2) is 15.0 Å². The predicted octanol–water partition coefficient (Wildman–Crippen LogP) is 10.3. The van der Waals surface area contributed by atoms with Gasteiger partial charge in [0.2, 0.25) is 0 Å². The Morgan fingerprint density at radius 3 is 1.12 bits per heavy atom. The van der Waals surface area contributed by atoms with Crippen LogP contribution in [0.5, 0.6) is 0 Å². The topological polar surface area (TPSA) is 38.7 Å². The van der Waals surface area contributed by atoms with Crippen LogP contribution in [0.1, 0.15) is 0 Å². The van der Waals surface area contributed by atoms with E-state index in [2.05, 4.69) is 152 Å². The Hall–Kier alpha value is -6.79. The molecule has 0 saturated carbocycles. The molecule has 0 atom stereocenters. The Morgan fingerprint density at radius 2 is 0.643 bits per heavy atom. The quantitative estimate of drug-likeness (QED) is 0.115. The van der Waals surface area contributed by atoms with E-state index in [4.69, 9.17) is 15.0 Å². The maximum atomic E-state index is 4.99. The van der Waals surface area contributed by atoms with E-state index in [0.717, 1.165) is 16.7 Å². The molecule has 0 N–H and O–H groups in total. The van der Waals surface area contributed by atoms with Crippen molar-refractivity contribution in [3.8, 4) is 45.3 Å². The molecule has 0 unspecified atom stereocenters. The summed E-state index contributed by atoms with van der Waals surface area (Å²) in [5, 5.41) is 7.96. The van der Waals surface area contributed by atoms with Crippen molar-refractivity contribution in [3.05, 3.63) is 212 Å². The minimum atomic E-state index is -2.65. The molecule has 5 heteroatoms. The monoisotopic (exact) mass is 749 g/mol. The number of hydrogen-bond donors (Lipinski definition) is 0. The van der Waals surface area contributed by atoms with Gasteiger partial charge in [0.1, 0.15) is 0 Å². The molecule has 0 radical (unpaired) electrons. The third kappa shape index (κ3) is 6.04. The second kappa shape index (κ2) is 14.5. The van der Waals surface area contributed by atoms with Crippen LogP contribution in [0.3, 0.4) is 0 Å². The van der Waals surface area contributed by atoms with E-state index >= 15 is 0 Å². The first kappa shape index (κ1) is 33.8. The number of thiophene rings is 1. The fraction of sp³-hybridized carbons (Fsp3) is 0. The number of benzene rings is 8. The molecule has 0 amide bonds. The fourth-order valence-electron chi connectivity index (χ4n) is 8.03. The van der Waals surface area contributed by atoms with Crippen LogP contribution in [0.2, 0.25) is 0 Å². The van der Waals surface area contributed by atoms with Crippen LogP contribution < -0.4 is 20.7 Å². The second-order valence-electron chi connectivity index (χ2n) is 14.0. The first-order valence-corrected chi connectivity index (χ1v) is 21.7. The summed E-state index contributed by atoms with van der Waals surface area (Å²) in [6.07, 6.45) is 0. The van der Waals surface area contributed by atoms with E-state index in [1.165, 1.54) is 52.0 Å². The maximum Gasteiger partial charge on any atom is 0.179 e. The van der Waals surface area contributed by atoms with Crippen molar-refractivity contribution in [1.82, 2.24) is 15.0 Å². The van der Waals surface area contributed by atoms with E-state index in [9.17, 15) is 0 Å². The maximum absolute atomic E-state index is 4.99. The molecule has 2 aromatic heterocycles. The molecule has 0 spiro atoms. The zero-order chi connectivity index (χ0) is 37.3. The molecule has 0 aliphatic heterocycles. The molecule has 0 bridgehead atoms. The van der Waals surface area contributed by atoms with Gasteiger partial charge in [0.15, 0.2) is 25.5 Å². The second-order valence-corrected chi connectivity index (χ2v) is 18.9. The van der Waals surface area contributed by atoms with Gasteiger partial charge >= 0.3 is 0 Å². The standard InChI is InChI=1S/C51H35N3SSi/c1-6-17-36(18-7-1)49-52-50(37-19-8-2-9-20-37)54-51(53-49)40-30-32-46-45-31-29-39(34-47(45)55-48(46)35-40)38-21-16-28-44(33-38)56(41-22-10-3-11-23-41,42-24-12-4-13-25-42)43-26-14-5-15-27-43/h1-35H. The zero-order valence-corrected chi connectivity index (χ0v) is 32.3. The Balaban J connectivity index is 1.08. The third-order valence-corrected chi connectivity index (χ3v) is 16.6. The lowest BCUT2D eigenvalue weighted by molar-refractivity contribution is 1.07. The van der Waals surface area contributed by atoms with Crippen molar-refractivity contribution in [1.29, 1.82) is 0 Å². The highest BCUT2D eigenvalue weighted by molar-refractivity contribution is 7.26. The molecule has 2 heterocycles. The van der Waals surface area contributed by atoms with Gasteiger partial charge in [0.25, 0.3) is 0 Å². The van der Waals surface area contributed by atoms with Gasteiger partial charge < -0.3 is 0 Å². The molecule has 0 aliphatic rings. The van der Waals surface area contributed by atoms with Crippen molar-refractivity contribution in [2.75, 3.05) is 0 Å². The summed E-state index contributed by atoms with van der Waals surface area (Å²) in [5.74, 6) is 1.99. The first-order chi connectivity index (χ1) is 27.7. The van der Waals surface area contributed by atoms with E-state index in [0.29, 0.717) is 17.5 Å². The molecule has 3 nitrogen and oxygen atoms in total. The minimum Gasteiger partial charge on any atom is -0.208 e.